The van der Waals surface area contributed by atoms with Gasteiger partial charge in [-0.3, -0.25) is 4.79 Å². The van der Waals surface area contributed by atoms with E-state index in [1.807, 2.05) is 0 Å². The smallest absolute Gasteiger partial charge is 0.303 e. The van der Waals surface area contributed by atoms with E-state index >= 15 is 0 Å². The van der Waals surface area contributed by atoms with E-state index < -0.39 is 12.1 Å². The highest BCUT2D eigenvalue weighted by Gasteiger charge is 2.15. The van der Waals surface area contributed by atoms with Crippen molar-refractivity contribution in [3.8, 4) is 11.3 Å². The number of furan rings is 1. The number of carboxylic acids is 1. The Kier molecular flexibility index (Phi) is 4.70. The maximum absolute atomic E-state index is 10.5. The molecule has 0 fully saturated rings. The molecule has 1 unspecified atom stereocenters. The van der Waals surface area contributed by atoms with Gasteiger partial charge in [0.15, 0.2) is 0 Å². The maximum Gasteiger partial charge on any atom is 0.303 e. The lowest BCUT2D eigenvalue weighted by Gasteiger charge is -2.05. The number of aliphatic carboxylic acids is 1. The molecule has 0 saturated heterocycles. The molecular formula is C14H12Cl2O4. The van der Waals surface area contributed by atoms with Crippen LogP contribution in [0.1, 0.15) is 24.7 Å². The van der Waals surface area contributed by atoms with Gasteiger partial charge in [0.1, 0.15) is 17.6 Å². The Morgan fingerprint density at radius 1 is 1.20 bits per heavy atom. The summed E-state index contributed by atoms with van der Waals surface area (Å²) in [5, 5.41) is 19.3. The van der Waals surface area contributed by atoms with Crippen molar-refractivity contribution in [2.45, 2.75) is 18.9 Å². The highest BCUT2D eigenvalue weighted by atomic mass is 35.5. The van der Waals surface area contributed by atoms with E-state index in [9.17, 15) is 9.90 Å². The van der Waals surface area contributed by atoms with Crippen molar-refractivity contribution in [2.24, 2.45) is 0 Å². The molecule has 0 aliphatic carbocycles. The second kappa shape index (κ2) is 6.31. The fraction of sp³-hybridized carbons (Fsp3) is 0.214. The van der Waals surface area contributed by atoms with Gasteiger partial charge in [-0.25, -0.2) is 0 Å². The average molecular weight is 315 g/mol. The Morgan fingerprint density at radius 3 is 2.60 bits per heavy atom. The second-order valence-electron chi connectivity index (χ2n) is 4.28. The van der Waals surface area contributed by atoms with Crippen LogP contribution < -0.4 is 0 Å². The van der Waals surface area contributed by atoms with Crippen LogP contribution in [0.3, 0.4) is 0 Å². The maximum atomic E-state index is 10.5. The van der Waals surface area contributed by atoms with Crippen molar-refractivity contribution < 1.29 is 19.4 Å². The first-order valence-electron chi connectivity index (χ1n) is 5.92. The fourth-order valence-corrected chi connectivity index (χ4v) is 2.04. The molecule has 0 bridgehead atoms. The quantitative estimate of drug-likeness (QED) is 0.869. The summed E-state index contributed by atoms with van der Waals surface area (Å²) in [7, 11) is 0. The fourth-order valence-electron chi connectivity index (χ4n) is 1.74. The molecule has 2 rings (SSSR count). The van der Waals surface area contributed by atoms with E-state index in [2.05, 4.69) is 0 Å². The van der Waals surface area contributed by atoms with Gasteiger partial charge in [0, 0.05) is 12.0 Å². The molecule has 1 atom stereocenters. The molecule has 0 aliphatic rings. The van der Waals surface area contributed by atoms with Gasteiger partial charge in [-0.2, -0.15) is 0 Å². The number of carboxylic acid groups (broad SMARTS) is 1. The molecule has 20 heavy (non-hydrogen) atoms. The minimum absolute atomic E-state index is 0.101. The van der Waals surface area contributed by atoms with E-state index in [-0.39, 0.29) is 12.8 Å². The van der Waals surface area contributed by atoms with E-state index in [1.54, 1.807) is 30.3 Å². The lowest BCUT2D eigenvalue weighted by atomic mass is 10.1. The van der Waals surface area contributed by atoms with Crippen molar-refractivity contribution in [1.82, 2.24) is 0 Å². The molecular weight excluding hydrogens is 303 g/mol. The summed E-state index contributed by atoms with van der Waals surface area (Å²) in [5.74, 6) is -0.0967. The summed E-state index contributed by atoms with van der Waals surface area (Å²) in [6.07, 6.45) is -0.962. The predicted octanol–water partition coefficient (Wildman–Crippen LogP) is 4.15. The van der Waals surface area contributed by atoms with Crippen LogP contribution in [0, 0.1) is 0 Å². The number of hydrogen-bond acceptors (Lipinski definition) is 3. The third kappa shape index (κ3) is 3.54. The summed E-state index contributed by atoms with van der Waals surface area (Å²) in [6.45, 7) is 0. The topological polar surface area (TPSA) is 70.7 Å². The highest BCUT2D eigenvalue weighted by molar-refractivity contribution is 6.42. The third-order valence-electron chi connectivity index (χ3n) is 2.79. The number of aliphatic hydroxyl groups excluding tert-OH is 1. The molecule has 0 aliphatic heterocycles. The molecule has 0 radical (unpaired) electrons. The molecule has 0 saturated carbocycles. The Hall–Kier alpha value is -1.49. The summed E-state index contributed by atoms with van der Waals surface area (Å²) >= 11 is 11.8. The van der Waals surface area contributed by atoms with E-state index in [0.29, 0.717) is 21.6 Å². The number of aliphatic hydroxyl groups is 1. The Balaban J connectivity index is 2.15. The lowest BCUT2D eigenvalue weighted by molar-refractivity contribution is -0.137. The zero-order valence-corrected chi connectivity index (χ0v) is 11.9. The van der Waals surface area contributed by atoms with Crippen molar-refractivity contribution in [1.29, 1.82) is 0 Å². The van der Waals surface area contributed by atoms with Gasteiger partial charge in [-0.05, 0) is 36.8 Å². The van der Waals surface area contributed by atoms with Crippen LogP contribution in [0.5, 0.6) is 0 Å². The van der Waals surface area contributed by atoms with Crippen molar-refractivity contribution >= 4 is 29.2 Å². The summed E-state index contributed by atoms with van der Waals surface area (Å²) in [5.41, 5.74) is 0.732. The van der Waals surface area contributed by atoms with Gasteiger partial charge in [-0.15, -0.1) is 0 Å². The summed E-state index contributed by atoms with van der Waals surface area (Å²) in [6, 6.07) is 8.38. The van der Waals surface area contributed by atoms with Crippen molar-refractivity contribution in [3.63, 3.8) is 0 Å². The average Bonchev–Trinajstić information content (AvgIpc) is 2.89. The number of benzene rings is 1. The van der Waals surface area contributed by atoms with Crippen LogP contribution >= 0.6 is 23.2 Å². The zero-order valence-electron chi connectivity index (χ0n) is 10.3. The monoisotopic (exact) mass is 314 g/mol. The third-order valence-corrected chi connectivity index (χ3v) is 3.53. The minimum Gasteiger partial charge on any atom is -0.481 e. The summed E-state index contributed by atoms with van der Waals surface area (Å²) < 4.78 is 5.51. The number of hydrogen-bond donors (Lipinski definition) is 2. The Bertz CT molecular complexity index is 621. The molecule has 1 aromatic heterocycles. The molecule has 106 valence electrons. The molecule has 6 heteroatoms. The summed E-state index contributed by atoms with van der Waals surface area (Å²) in [4.78, 5) is 10.5. The molecule has 0 spiro atoms. The van der Waals surface area contributed by atoms with Crippen LogP contribution in [0.4, 0.5) is 0 Å². The van der Waals surface area contributed by atoms with Gasteiger partial charge in [0.05, 0.1) is 10.0 Å². The van der Waals surface area contributed by atoms with Crippen molar-refractivity contribution in [2.75, 3.05) is 0 Å². The first-order valence-corrected chi connectivity index (χ1v) is 6.68. The van der Waals surface area contributed by atoms with Gasteiger partial charge in [-0.1, -0.05) is 23.2 Å². The van der Waals surface area contributed by atoms with Gasteiger partial charge < -0.3 is 14.6 Å². The zero-order chi connectivity index (χ0) is 14.7. The highest BCUT2D eigenvalue weighted by Crippen LogP contribution is 2.31. The van der Waals surface area contributed by atoms with Crippen molar-refractivity contribution in [3.05, 3.63) is 46.1 Å². The van der Waals surface area contributed by atoms with Crippen LogP contribution in [-0.2, 0) is 4.79 Å². The predicted molar refractivity (Wildman–Crippen MR) is 76.0 cm³/mol. The van der Waals surface area contributed by atoms with Gasteiger partial charge >= 0.3 is 5.97 Å². The van der Waals surface area contributed by atoms with E-state index in [0.717, 1.165) is 5.56 Å². The number of carbonyl (C=O) groups is 1. The molecule has 2 N–H and O–H groups in total. The minimum atomic E-state index is -0.958. The normalized spacial score (nSPS) is 12.3. The standard InChI is InChI=1S/C14H12Cl2O4/c15-9-2-1-8(7-10(9)16)12-4-5-13(20-12)11(17)3-6-14(18)19/h1-2,4-5,7,11,17H,3,6H2,(H,18,19). The van der Waals surface area contributed by atoms with E-state index in [1.165, 1.54) is 0 Å². The number of rotatable bonds is 5. The number of halogens is 2. The van der Waals surface area contributed by atoms with Crippen LogP contribution in [0.2, 0.25) is 10.0 Å². The molecule has 1 heterocycles. The second-order valence-corrected chi connectivity index (χ2v) is 5.09. The molecule has 1 aromatic carbocycles. The van der Waals surface area contributed by atoms with Crippen LogP contribution in [0.25, 0.3) is 11.3 Å². The molecule has 4 nitrogen and oxygen atoms in total. The lowest BCUT2D eigenvalue weighted by Crippen LogP contribution is -2.01. The SMILES string of the molecule is O=C(O)CCC(O)c1ccc(-c2ccc(Cl)c(Cl)c2)o1. The van der Waals surface area contributed by atoms with Gasteiger partial charge in [0.2, 0.25) is 0 Å². The largest absolute Gasteiger partial charge is 0.481 e. The Morgan fingerprint density at radius 2 is 1.95 bits per heavy atom. The molecule has 2 aromatic rings. The van der Waals surface area contributed by atoms with Crippen LogP contribution in [-0.4, -0.2) is 16.2 Å². The van der Waals surface area contributed by atoms with Crippen LogP contribution in [0.15, 0.2) is 34.7 Å². The molecule has 0 amide bonds. The van der Waals surface area contributed by atoms with E-state index in [4.69, 9.17) is 32.7 Å². The Labute approximate surface area is 125 Å². The first kappa shape index (κ1) is 14.9. The van der Waals surface area contributed by atoms with Gasteiger partial charge in [0.25, 0.3) is 0 Å². The first-order chi connectivity index (χ1) is 9.47.